The number of nitrogens with zero attached hydrogens (tertiary/aromatic N) is 1. The van der Waals surface area contributed by atoms with Gasteiger partial charge in [-0.1, -0.05) is 13.3 Å². The van der Waals surface area contributed by atoms with Crippen molar-refractivity contribution in [2.45, 2.75) is 76.3 Å². The van der Waals surface area contributed by atoms with Crippen molar-refractivity contribution >= 4 is 0 Å². The Morgan fingerprint density at radius 3 is 2.57 bits per heavy atom. The lowest BCUT2D eigenvalue weighted by Gasteiger charge is -2.36. The van der Waals surface area contributed by atoms with Crippen molar-refractivity contribution in [2.24, 2.45) is 11.8 Å². The van der Waals surface area contributed by atoms with Crippen LogP contribution in [0.5, 0.6) is 0 Å². The van der Waals surface area contributed by atoms with Crippen molar-refractivity contribution < 1.29 is 5.11 Å². The number of nitrogens with one attached hydrogen (secondary N) is 1. The Kier molecular flexibility index (Phi) is 5.23. The zero-order chi connectivity index (χ0) is 14.7. The third kappa shape index (κ3) is 4.20. The lowest BCUT2D eigenvalue weighted by atomic mass is 9.85. The Morgan fingerprint density at radius 1 is 1.14 bits per heavy atom. The van der Waals surface area contributed by atoms with Crippen molar-refractivity contribution in [3.05, 3.63) is 0 Å². The average molecular weight is 294 g/mol. The summed E-state index contributed by atoms with van der Waals surface area (Å²) >= 11 is 0. The molecule has 0 aromatic rings. The van der Waals surface area contributed by atoms with E-state index in [9.17, 15) is 5.11 Å². The molecule has 3 saturated carbocycles. The molecule has 122 valence electrons. The van der Waals surface area contributed by atoms with E-state index in [0.29, 0.717) is 18.6 Å². The van der Waals surface area contributed by atoms with Crippen LogP contribution in [0.4, 0.5) is 0 Å². The summed E-state index contributed by atoms with van der Waals surface area (Å²) in [7, 11) is 0. The second kappa shape index (κ2) is 6.97. The van der Waals surface area contributed by atoms with Crippen molar-refractivity contribution in [1.29, 1.82) is 0 Å². The normalized spacial score (nSPS) is 33.0. The Hall–Kier alpha value is -0.120. The maximum absolute atomic E-state index is 10.0. The second-order valence-electron chi connectivity index (χ2n) is 7.85. The Bertz CT molecular complexity index is 327. The number of rotatable bonds is 10. The van der Waals surface area contributed by atoms with E-state index in [1.54, 1.807) is 0 Å². The zero-order valence-corrected chi connectivity index (χ0v) is 13.8. The van der Waals surface area contributed by atoms with Crippen LogP contribution in [0.15, 0.2) is 0 Å². The zero-order valence-electron chi connectivity index (χ0n) is 13.8. The maximum atomic E-state index is 10.0. The molecule has 3 aliphatic rings. The van der Waals surface area contributed by atoms with Gasteiger partial charge in [0, 0.05) is 18.1 Å². The third-order valence-corrected chi connectivity index (χ3v) is 5.85. The van der Waals surface area contributed by atoms with E-state index in [1.165, 1.54) is 77.4 Å². The van der Waals surface area contributed by atoms with Crippen LogP contribution in [-0.4, -0.2) is 47.8 Å². The first-order valence-electron chi connectivity index (χ1n) is 9.36. The van der Waals surface area contributed by atoms with Crippen LogP contribution < -0.4 is 5.32 Å². The summed E-state index contributed by atoms with van der Waals surface area (Å²) < 4.78 is 0. The van der Waals surface area contributed by atoms with Crippen molar-refractivity contribution in [3.8, 4) is 0 Å². The van der Waals surface area contributed by atoms with Gasteiger partial charge in [-0.2, -0.15) is 0 Å². The molecule has 0 aromatic carbocycles. The Balaban J connectivity index is 1.51. The smallest absolute Gasteiger partial charge is 0.0616 e. The van der Waals surface area contributed by atoms with E-state index < -0.39 is 0 Å². The van der Waals surface area contributed by atoms with Gasteiger partial charge in [-0.25, -0.2) is 0 Å². The summed E-state index contributed by atoms with van der Waals surface area (Å²) in [6.45, 7) is 6.45. The molecule has 0 saturated heterocycles. The highest BCUT2D eigenvalue weighted by Crippen LogP contribution is 2.40. The highest BCUT2D eigenvalue weighted by Gasteiger charge is 2.45. The predicted octanol–water partition coefficient (Wildman–Crippen LogP) is 2.78. The molecule has 2 atom stereocenters. The first kappa shape index (κ1) is 15.8. The minimum Gasteiger partial charge on any atom is -0.394 e. The highest BCUT2D eigenvalue weighted by atomic mass is 16.3. The standard InChI is InChI=1S/C18H34N2O/c1-2-11-20(13-15-5-6-15)12-9-16-4-3-10-18(16,14-21)19-17-7-8-17/h15-17,19,21H,2-14H2,1H3. The molecule has 3 aliphatic carbocycles. The van der Waals surface area contributed by atoms with E-state index in [2.05, 4.69) is 17.1 Å². The molecule has 0 bridgehead atoms. The molecule has 3 rings (SSSR count). The lowest BCUT2D eigenvalue weighted by Crippen LogP contribution is -2.53. The minimum atomic E-state index is 0.0542. The predicted molar refractivity (Wildman–Crippen MR) is 87.4 cm³/mol. The van der Waals surface area contributed by atoms with Crippen molar-refractivity contribution in [2.75, 3.05) is 26.2 Å². The van der Waals surface area contributed by atoms with Crippen LogP contribution in [-0.2, 0) is 0 Å². The fraction of sp³-hybridized carbons (Fsp3) is 1.00. The molecule has 0 heterocycles. The van der Waals surface area contributed by atoms with Gasteiger partial charge < -0.3 is 15.3 Å². The van der Waals surface area contributed by atoms with E-state index >= 15 is 0 Å². The van der Waals surface area contributed by atoms with Crippen LogP contribution in [0, 0.1) is 11.8 Å². The number of hydrogen-bond donors (Lipinski definition) is 2. The Labute approximate surface area is 130 Å². The van der Waals surface area contributed by atoms with Crippen LogP contribution in [0.1, 0.15) is 64.7 Å². The number of aliphatic hydroxyl groups is 1. The SMILES string of the molecule is CCCN(CCC1CCCC1(CO)NC1CC1)CC1CC1. The molecule has 2 unspecified atom stereocenters. The first-order valence-corrected chi connectivity index (χ1v) is 9.36. The molecule has 0 aromatic heterocycles. The topological polar surface area (TPSA) is 35.5 Å². The summed E-state index contributed by atoms with van der Waals surface area (Å²) in [4.78, 5) is 2.69. The van der Waals surface area contributed by atoms with Crippen LogP contribution in [0.2, 0.25) is 0 Å². The minimum absolute atomic E-state index is 0.0542. The maximum Gasteiger partial charge on any atom is 0.0616 e. The van der Waals surface area contributed by atoms with Gasteiger partial charge in [0.25, 0.3) is 0 Å². The summed E-state index contributed by atoms with van der Waals surface area (Å²) in [6, 6.07) is 0.705. The molecule has 0 amide bonds. The van der Waals surface area contributed by atoms with E-state index in [0.717, 1.165) is 5.92 Å². The van der Waals surface area contributed by atoms with Crippen molar-refractivity contribution in [3.63, 3.8) is 0 Å². The molecular formula is C18H34N2O. The van der Waals surface area contributed by atoms with Gasteiger partial charge in [-0.05, 0) is 76.3 Å². The summed E-state index contributed by atoms with van der Waals surface area (Å²) in [5, 5.41) is 13.8. The third-order valence-electron chi connectivity index (χ3n) is 5.85. The lowest BCUT2D eigenvalue weighted by molar-refractivity contribution is 0.108. The monoisotopic (exact) mass is 294 g/mol. The van der Waals surface area contributed by atoms with Gasteiger partial charge in [0.15, 0.2) is 0 Å². The highest BCUT2D eigenvalue weighted by molar-refractivity contribution is 5.03. The first-order chi connectivity index (χ1) is 10.3. The average Bonchev–Trinajstić information content (AvgIpc) is 3.39. The fourth-order valence-corrected chi connectivity index (χ4v) is 4.26. The van der Waals surface area contributed by atoms with Gasteiger partial charge in [0.05, 0.1) is 6.61 Å². The van der Waals surface area contributed by atoms with E-state index in [1.807, 2.05) is 0 Å². The molecule has 3 nitrogen and oxygen atoms in total. The fourth-order valence-electron chi connectivity index (χ4n) is 4.26. The molecule has 0 radical (unpaired) electrons. The van der Waals surface area contributed by atoms with Gasteiger partial charge in [0.1, 0.15) is 0 Å². The molecule has 21 heavy (non-hydrogen) atoms. The second-order valence-corrected chi connectivity index (χ2v) is 7.85. The van der Waals surface area contributed by atoms with Gasteiger partial charge in [0.2, 0.25) is 0 Å². The number of aliphatic hydroxyl groups excluding tert-OH is 1. The summed E-state index contributed by atoms with van der Waals surface area (Å²) in [6.07, 6.45) is 11.9. The summed E-state index contributed by atoms with van der Waals surface area (Å²) in [5.41, 5.74) is 0.0542. The molecule has 0 spiro atoms. The van der Waals surface area contributed by atoms with Gasteiger partial charge in [-0.15, -0.1) is 0 Å². The molecule has 2 N–H and O–H groups in total. The van der Waals surface area contributed by atoms with Crippen molar-refractivity contribution in [1.82, 2.24) is 10.2 Å². The summed E-state index contributed by atoms with van der Waals surface area (Å²) in [5.74, 6) is 1.67. The molecule has 0 aliphatic heterocycles. The molecule has 3 fully saturated rings. The van der Waals surface area contributed by atoms with E-state index in [4.69, 9.17) is 0 Å². The van der Waals surface area contributed by atoms with E-state index in [-0.39, 0.29) is 5.54 Å². The van der Waals surface area contributed by atoms with Gasteiger partial charge >= 0.3 is 0 Å². The van der Waals surface area contributed by atoms with Crippen LogP contribution >= 0.6 is 0 Å². The largest absolute Gasteiger partial charge is 0.394 e. The number of hydrogen-bond acceptors (Lipinski definition) is 3. The quantitative estimate of drug-likeness (QED) is 0.650. The van der Waals surface area contributed by atoms with Gasteiger partial charge in [-0.3, -0.25) is 0 Å². The van der Waals surface area contributed by atoms with Crippen LogP contribution in [0.25, 0.3) is 0 Å². The molecule has 3 heteroatoms. The Morgan fingerprint density at radius 2 is 1.95 bits per heavy atom. The molecular weight excluding hydrogens is 260 g/mol. The van der Waals surface area contributed by atoms with Crippen LogP contribution in [0.3, 0.4) is 0 Å².